The lowest BCUT2D eigenvalue weighted by Gasteiger charge is -2.26. The van der Waals surface area contributed by atoms with E-state index in [9.17, 15) is 0 Å². The van der Waals surface area contributed by atoms with Crippen LogP contribution >= 0.6 is 15.9 Å². The summed E-state index contributed by atoms with van der Waals surface area (Å²) in [5.41, 5.74) is 0.945. The van der Waals surface area contributed by atoms with Gasteiger partial charge >= 0.3 is 0 Å². The van der Waals surface area contributed by atoms with Gasteiger partial charge in [-0.25, -0.2) is 0 Å². The highest BCUT2D eigenvalue weighted by molar-refractivity contribution is 9.10. The highest BCUT2D eigenvalue weighted by Crippen LogP contribution is 2.26. The number of nitrogens with zero attached hydrogens (tertiary/aromatic N) is 1. The number of likely N-dealkylation sites (tertiary alicyclic amines) is 1. The van der Waals surface area contributed by atoms with Crippen LogP contribution in [0.4, 0.5) is 0 Å². The fourth-order valence-corrected chi connectivity index (χ4v) is 3.26. The Morgan fingerprint density at radius 2 is 2.05 bits per heavy atom. The van der Waals surface area contributed by atoms with Crippen molar-refractivity contribution in [1.29, 1.82) is 0 Å². The van der Waals surface area contributed by atoms with Crippen molar-refractivity contribution < 1.29 is 4.42 Å². The molecule has 0 radical (unpaired) electrons. The maximum Gasteiger partial charge on any atom is 0.148 e. The fourth-order valence-electron chi connectivity index (χ4n) is 2.80. The number of furan rings is 1. The van der Waals surface area contributed by atoms with Gasteiger partial charge < -0.3 is 14.6 Å². The predicted molar refractivity (Wildman–Crippen MR) is 85.9 cm³/mol. The molecule has 1 fully saturated rings. The maximum atomic E-state index is 5.87. The summed E-state index contributed by atoms with van der Waals surface area (Å²) in [5.74, 6) is 1.01. The second-order valence-electron chi connectivity index (χ2n) is 5.45. The third kappa shape index (κ3) is 3.43. The van der Waals surface area contributed by atoms with E-state index in [2.05, 4.69) is 38.3 Å². The third-order valence-corrected chi connectivity index (χ3v) is 4.52. The Hall–Kier alpha value is -0.840. The Morgan fingerprint density at radius 1 is 1.20 bits per heavy atom. The molecule has 108 valence electrons. The quantitative estimate of drug-likeness (QED) is 0.842. The van der Waals surface area contributed by atoms with Gasteiger partial charge in [-0.1, -0.05) is 18.6 Å². The van der Waals surface area contributed by atoms with E-state index in [0.717, 1.165) is 40.8 Å². The van der Waals surface area contributed by atoms with Gasteiger partial charge in [0.1, 0.15) is 11.3 Å². The van der Waals surface area contributed by atoms with Gasteiger partial charge in [-0.3, -0.25) is 0 Å². The normalized spacial score (nSPS) is 16.9. The van der Waals surface area contributed by atoms with Crippen molar-refractivity contribution in [3.8, 4) is 0 Å². The lowest BCUT2D eigenvalue weighted by molar-refractivity contribution is 0.228. The highest BCUT2D eigenvalue weighted by Gasteiger charge is 2.09. The van der Waals surface area contributed by atoms with E-state index in [0.29, 0.717) is 0 Å². The second-order valence-corrected chi connectivity index (χ2v) is 6.30. The SMILES string of the molecule is Brc1cccc2cc(CNCCN3CCCCC3)oc12. The molecule has 3 rings (SSSR count). The third-order valence-electron chi connectivity index (χ3n) is 3.90. The van der Waals surface area contributed by atoms with E-state index in [1.54, 1.807) is 0 Å². The molecule has 1 N–H and O–H groups in total. The lowest BCUT2D eigenvalue weighted by Crippen LogP contribution is -2.35. The van der Waals surface area contributed by atoms with Gasteiger partial charge in [-0.05, 0) is 54.0 Å². The zero-order valence-corrected chi connectivity index (χ0v) is 13.3. The van der Waals surface area contributed by atoms with Crippen LogP contribution in [0.15, 0.2) is 33.2 Å². The molecule has 0 unspecified atom stereocenters. The van der Waals surface area contributed by atoms with Gasteiger partial charge in [-0.15, -0.1) is 0 Å². The standard InChI is InChI=1S/C16H21BrN2O/c17-15-6-4-5-13-11-14(20-16(13)15)12-18-7-10-19-8-2-1-3-9-19/h4-6,11,18H,1-3,7-10,12H2. The fraction of sp³-hybridized carbons (Fsp3) is 0.500. The first-order valence-electron chi connectivity index (χ1n) is 7.43. The van der Waals surface area contributed by atoms with Crippen molar-refractivity contribution in [3.63, 3.8) is 0 Å². The number of nitrogens with one attached hydrogen (secondary N) is 1. The summed E-state index contributed by atoms with van der Waals surface area (Å²) < 4.78 is 6.89. The molecule has 2 aromatic rings. The molecule has 1 aromatic carbocycles. The van der Waals surface area contributed by atoms with E-state index >= 15 is 0 Å². The van der Waals surface area contributed by atoms with Crippen molar-refractivity contribution >= 4 is 26.9 Å². The number of para-hydroxylation sites is 1. The van der Waals surface area contributed by atoms with Crippen LogP contribution < -0.4 is 5.32 Å². The minimum absolute atomic E-state index is 0.801. The van der Waals surface area contributed by atoms with Gasteiger partial charge in [0.25, 0.3) is 0 Å². The number of benzene rings is 1. The Morgan fingerprint density at radius 3 is 2.85 bits per heavy atom. The first kappa shape index (κ1) is 14.1. The van der Waals surface area contributed by atoms with Crippen molar-refractivity contribution in [2.45, 2.75) is 25.8 Å². The molecule has 0 spiro atoms. The smallest absolute Gasteiger partial charge is 0.148 e. The molecule has 4 heteroatoms. The maximum absolute atomic E-state index is 5.87. The Bertz CT molecular complexity index is 561. The average Bonchev–Trinajstić information content (AvgIpc) is 2.89. The van der Waals surface area contributed by atoms with Crippen LogP contribution in [0.25, 0.3) is 11.0 Å². The minimum atomic E-state index is 0.801. The topological polar surface area (TPSA) is 28.4 Å². The summed E-state index contributed by atoms with van der Waals surface area (Å²) in [6.45, 7) is 5.50. The van der Waals surface area contributed by atoms with Crippen LogP contribution in [-0.2, 0) is 6.54 Å². The zero-order chi connectivity index (χ0) is 13.8. The number of piperidine rings is 1. The summed E-state index contributed by atoms with van der Waals surface area (Å²) in [6, 6.07) is 8.25. The number of hydrogen-bond acceptors (Lipinski definition) is 3. The van der Waals surface area contributed by atoms with Crippen LogP contribution in [-0.4, -0.2) is 31.1 Å². The minimum Gasteiger partial charge on any atom is -0.459 e. The summed E-state index contributed by atoms with van der Waals surface area (Å²) in [6.07, 6.45) is 4.12. The first-order valence-corrected chi connectivity index (χ1v) is 8.22. The summed E-state index contributed by atoms with van der Waals surface area (Å²) in [4.78, 5) is 2.55. The van der Waals surface area contributed by atoms with Gasteiger partial charge in [0.15, 0.2) is 0 Å². The largest absolute Gasteiger partial charge is 0.459 e. The van der Waals surface area contributed by atoms with Crippen molar-refractivity contribution in [1.82, 2.24) is 10.2 Å². The van der Waals surface area contributed by atoms with Crippen LogP contribution in [0.5, 0.6) is 0 Å². The molecule has 3 nitrogen and oxygen atoms in total. The van der Waals surface area contributed by atoms with Crippen molar-refractivity contribution in [2.24, 2.45) is 0 Å². The first-order chi connectivity index (χ1) is 9.83. The second kappa shape index (κ2) is 6.74. The summed E-state index contributed by atoms with van der Waals surface area (Å²) in [5, 5.41) is 4.64. The van der Waals surface area contributed by atoms with Gasteiger partial charge in [0.2, 0.25) is 0 Å². The molecular weight excluding hydrogens is 316 g/mol. The van der Waals surface area contributed by atoms with Gasteiger partial charge in [0, 0.05) is 18.5 Å². The van der Waals surface area contributed by atoms with Crippen molar-refractivity contribution in [3.05, 3.63) is 34.5 Å². The number of halogens is 1. The summed E-state index contributed by atoms with van der Waals surface area (Å²) >= 11 is 3.52. The van der Waals surface area contributed by atoms with Crippen LogP contribution in [0.2, 0.25) is 0 Å². The van der Waals surface area contributed by atoms with Crippen molar-refractivity contribution in [2.75, 3.05) is 26.2 Å². The molecule has 20 heavy (non-hydrogen) atoms. The Balaban J connectivity index is 1.48. The molecular formula is C16H21BrN2O. The Kier molecular flexibility index (Phi) is 4.76. The van der Waals surface area contributed by atoms with Crippen LogP contribution in [0.1, 0.15) is 25.0 Å². The van der Waals surface area contributed by atoms with E-state index < -0.39 is 0 Å². The zero-order valence-electron chi connectivity index (χ0n) is 11.7. The average molecular weight is 337 g/mol. The number of rotatable bonds is 5. The van der Waals surface area contributed by atoms with Gasteiger partial charge in [-0.2, -0.15) is 0 Å². The van der Waals surface area contributed by atoms with Crippen LogP contribution in [0.3, 0.4) is 0 Å². The molecule has 0 atom stereocenters. The molecule has 1 aliphatic heterocycles. The molecule has 1 aromatic heterocycles. The van der Waals surface area contributed by atoms with E-state index in [4.69, 9.17) is 4.42 Å². The molecule has 1 aliphatic rings. The molecule has 0 saturated carbocycles. The number of fused-ring (bicyclic) bond motifs is 1. The lowest BCUT2D eigenvalue weighted by atomic mass is 10.1. The monoisotopic (exact) mass is 336 g/mol. The van der Waals surface area contributed by atoms with E-state index in [-0.39, 0.29) is 0 Å². The predicted octanol–water partition coefficient (Wildman–Crippen LogP) is 3.77. The summed E-state index contributed by atoms with van der Waals surface area (Å²) in [7, 11) is 0. The highest BCUT2D eigenvalue weighted by atomic mass is 79.9. The Labute approximate surface area is 128 Å². The molecule has 0 bridgehead atoms. The molecule has 0 amide bonds. The van der Waals surface area contributed by atoms with Crippen LogP contribution in [0, 0.1) is 0 Å². The molecule has 1 saturated heterocycles. The van der Waals surface area contributed by atoms with E-state index in [1.165, 1.54) is 32.4 Å². The number of hydrogen-bond donors (Lipinski definition) is 1. The molecule has 0 aliphatic carbocycles. The molecule has 2 heterocycles. The van der Waals surface area contributed by atoms with E-state index in [1.807, 2.05) is 12.1 Å². The van der Waals surface area contributed by atoms with Gasteiger partial charge in [0.05, 0.1) is 11.0 Å².